The van der Waals surface area contributed by atoms with Crippen LogP contribution in [-0.4, -0.2) is 52.5 Å². The SMILES string of the molecule is CC(C)(C)C(=O)Nc1nc(N2CCNCC2C(=O)OCc2ccccc2)c2cc(Br)cnc2n1. The van der Waals surface area contributed by atoms with Gasteiger partial charge in [0.15, 0.2) is 5.65 Å². The first-order chi connectivity index (χ1) is 16.2. The predicted molar refractivity (Wildman–Crippen MR) is 133 cm³/mol. The summed E-state index contributed by atoms with van der Waals surface area (Å²) in [6, 6.07) is 10.8. The van der Waals surface area contributed by atoms with E-state index in [9.17, 15) is 9.59 Å². The average molecular weight is 527 g/mol. The smallest absolute Gasteiger partial charge is 0.330 e. The summed E-state index contributed by atoms with van der Waals surface area (Å²) in [4.78, 5) is 41.1. The quantitative estimate of drug-likeness (QED) is 0.487. The molecule has 0 aliphatic carbocycles. The van der Waals surface area contributed by atoms with Gasteiger partial charge in [0, 0.05) is 35.7 Å². The van der Waals surface area contributed by atoms with Gasteiger partial charge >= 0.3 is 5.97 Å². The lowest BCUT2D eigenvalue weighted by atomic mass is 9.96. The van der Waals surface area contributed by atoms with E-state index in [1.54, 1.807) is 6.20 Å². The van der Waals surface area contributed by atoms with E-state index in [0.717, 1.165) is 10.0 Å². The number of carbonyl (C=O) groups excluding carboxylic acids is 2. The van der Waals surface area contributed by atoms with Crippen molar-refractivity contribution in [2.75, 3.05) is 29.9 Å². The molecule has 3 aromatic rings. The van der Waals surface area contributed by atoms with Gasteiger partial charge in [-0.05, 0) is 27.6 Å². The molecule has 1 aromatic carbocycles. The monoisotopic (exact) mass is 526 g/mol. The Labute approximate surface area is 206 Å². The number of hydrogen-bond donors (Lipinski definition) is 2. The molecule has 1 fully saturated rings. The van der Waals surface area contributed by atoms with Gasteiger partial charge in [-0.3, -0.25) is 10.1 Å². The third-order valence-electron chi connectivity index (χ3n) is 5.42. The third kappa shape index (κ3) is 5.51. The molecule has 0 spiro atoms. The van der Waals surface area contributed by atoms with Crippen LogP contribution in [-0.2, 0) is 20.9 Å². The number of aromatic nitrogens is 3. The fourth-order valence-electron chi connectivity index (χ4n) is 3.53. The molecule has 1 amide bonds. The predicted octanol–water partition coefficient (Wildman–Crippen LogP) is 3.29. The van der Waals surface area contributed by atoms with E-state index >= 15 is 0 Å². The Morgan fingerprint density at radius 1 is 1.24 bits per heavy atom. The van der Waals surface area contributed by atoms with Crippen molar-refractivity contribution in [3.8, 4) is 0 Å². The number of benzene rings is 1. The van der Waals surface area contributed by atoms with Crippen molar-refractivity contribution >= 4 is 50.6 Å². The Kier molecular flexibility index (Phi) is 7.08. The van der Waals surface area contributed by atoms with E-state index in [2.05, 4.69) is 41.5 Å². The van der Waals surface area contributed by atoms with Crippen LogP contribution in [0.4, 0.5) is 11.8 Å². The van der Waals surface area contributed by atoms with Crippen molar-refractivity contribution in [3.63, 3.8) is 0 Å². The van der Waals surface area contributed by atoms with Crippen LogP contribution < -0.4 is 15.5 Å². The molecule has 1 aliphatic rings. The number of piperazine rings is 1. The molecule has 1 atom stereocenters. The Morgan fingerprint density at radius 2 is 2.00 bits per heavy atom. The first-order valence-corrected chi connectivity index (χ1v) is 11.8. The minimum absolute atomic E-state index is 0.146. The highest BCUT2D eigenvalue weighted by Gasteiger charge is 2.33. The molecule has 3 heterocycles. The molecular formula is C24H27BrN6O3. The summed E-state index contributed by atoms with van der Waals surface area (Å²) < 4.78 is 6.39. The molecule has 0 radical (unpaired) electrons. The van der Waals surface area contributed by atoms with Gasteiger partial charge in [-0.1, -0.05) is 51.1 Å². The lowest BCUT2D eigenvalue weighted by Crippen LogP contribution is -2.56. The number of esters is 1. The Balaban J connectivity index is 1.67. The van der Waals surface area contributed by atoms with Crippen LogP contribution in [0.25, 0.3) is 11.0 Å². The van der Waals surface area contributed by atoms with Crippen LogP contribution in [0.15, 0.2) is 47.1 Å². The van der Waals surface area contributed by atoms with Crippen LogP contribution in [0.1, 0.15) is 26.3 Å². The summed E-state index contributed by atoms with van der Waals surface area (Å²) in [6.45, 7) is 7.23. The molecule has 34 heavy (non-hydrogen) atoms. The number of rotatable bonds is 5. The number of nitrogens with zero attached hydrogens (tertiary/aromatic N) is 4. The second-order valence-electron chi connectivity index (χ2n) is 9.11. The summed E-state index contributed by atoms with van der Waals surface area (Å²) in [6.07, 6.45) is 1.64. The molecule has 0 saturated carbocycles. The molecule has 10 heteroatoms. The number of fused-ring (bicyclic) bond motifs is 1. The van der Waals surface area contributed by atoms with Crippen LogP contribution in [0.3, 0.4) is 0 Å². The highest BCUT2D eigenvalue weighted by Crippen LogP contribution is 2.29. The van der Waals surface area contributed by atoms with E-state index in [-0.39, 0.29) is 24.4 Å². The summed E-state index contributed by atoms with van der Waals surface area (Å²) >= 11 is 3.46. The van der Waals surface area contributed by atoms with E-state index in [1.165, 1.54) is 0 Å². The molecule has 2 N–H and O–H groups in total. The van der Waals surface area contributed by atoms with Crippen molar-refractivity contribution in [2.45, 2.75) is 33.4 Å². The van der Waals surface area contributed by atoms with Crippen LogP contribution in [0.2, 0.25) is 0 Å². The van der Waals surface area contributed by atoms with Crippen molar-refractivity contribution in [2.24, 2.45) is 5.41 Å². The fraction of sp³-hybridized carbons (Fsp3) is 0.375. The molecule has 1 aliphatic heterocycles. The zero-order valence-corrected chi connectivity index (χ0v) is 20.9. The summed E-state index contributed by atoms with van der Waals surface area (Å²) in [5.74, 6) is 0.0958. The zero-order chi connectivity index (χ0) is 24.3. The van der Waals surface area contributed by atoms with E-state index in [0.29, 0.717) is 36.5 Å². The molecule has 2 aromatic heterocycles. The number of ether oxygens (including phenoxy) is 1. The Morgan fingerprint density at radius 3 is 2.74 bits per heavy atom. The van der Waals surface area contributed by atoms with Gasteiger partial charge in [-0.25, -0.2) is 9.78 Å². The number of amides is 1. The Bertz CT molecular complexity index is 1200. The lowest BCUT2D eigenvalue weighted by molar-refractivity contribution is -0.146. The first-order valence-electron chi connectivity index (χ1n) is 11.0. The molecular weight excluding hydrogens is 500 g/mol. The first kappa shape index (κ1) is 24.0. The lowest BCUT2D eigenvalue weighted by Gasteiger charge is -2.36. The number of pyridine rings is 1. The van der Waals surface area contributed by atoms with Gasteiger partial charge in [0.25, 0.3) is 0 Å². The number of carbonyl (C=O) groups is 2. The summed E-state index contributed by atoms with van der Waals surface area (Å²) in [5.41, 5.74) is 0.719. The van der Waals surface area contributed by atoms with Crippen molar-refractivity contribution in [1.29, 1.82) is 0 Å². The van der Waals surface area contributed by atoms with Crippen molar-refractivity contribution in [3.05, 3.63) is 52.6 Å². The molecule has 9 nitrogen and oxygen atoms in total. The van der Waals surface area contributed by atoms with Crippen molar-refractivity contribution < 1.29 is 14.3 Å². The molecule has 1 unspecified atom stereocenters. The standard InChI is InChI=1S/C24H27BrN6O3/c1-24(2,3)22(33)30-23-28-19-17(11-16(25)12-27-19)20(29-23)31-10-9-26-13-18(31)21(32)34-14-15-7-5-4-6-8-15/h4-8,11-12,18,26H,9-10,13-14H2,1-3H3,(H,27,28,29,30,33). The maximum absolute atomic E-state index is 13.1. The van der Waals surface area contributed by atoms with Crippen LogP contribution in [0, 0.1) is 5.41 Å². The maximum atomic E-state index is 13.1. The van der Waals surface area contributed by atoms with Crippen LogP contribution in [0.5, 0.6) is 0 Å². The molecule has 178 valence electrons. The Hall–Kier alpha value is -3.11. The fourth-order valence-corrected chi connectivity index (χ4v) is 3.86. The summed E-state index contributed by atoms with van der Waals surface area (Å²) in [5, 5.41) is 6.72. The number of anilines is 2. The maximum Gasteiger partial charge on any atom is 0.330 e. The highest BCUT2D eigenvalue weighted by atomic mass is 79.9. The minimum atomic E-state index is -0.621. The average Bonchev–Trinajstić information content (AvgIpc) is 2.82. The number of hydrogen-bond acceptors (Lipinski definition) is 8. The van der Waals surface area contributed by atoms with E-state index in [4.69, 9.17) is 4.74 Å². The third-order valence-corrected chi connectivity index (χ3v) is 5.85. The van der Waals surface area contributed by atoms with Gasteiger partial charge in [-0.15, -0.1) is 0 Å². The number of halogens is 1. The highest BCUT2D eigenvalue weighted by molar-refractivity contribution is 9.10. The number of nitrogens with one attached hydrogen (secondary N) is 2. The molecule has 1 saturated heterocycles. The van der Waals surface area contributed by atoms with Gasteiger partial charge in [0.05, 0.1) is 5.39 Å². The van der Waals surface area contributed by atoms with Gasteiger partial charge in [0.2, 0.25) is 11.9 Å². The van der Waals surface area contributed by atoms with Gasteiger partial charge in [-0.2, -0.15) is 9.97 Å². The second kappa shape index (κ2) is 10.0. The normalized spacial score (nSPS) is 16.4. The van der Waals surface area contributed by atoms with E-state index in [1.807, 2.05) is 62.1 Å². The van der Waals surface area contributed by atoms with Crippen molar-refractivity contribution in [1.82, 2.24) is 20.3 Å². The second-order valence-corrected chi connectivity index (χ2v) is 10.0. The van der Waals surface area contributed by atoms with Crippen LogP contribution >= 0.6 is 15.9 Å². The topological polar surface area (TPSA) is 109 Å². The molecule has 4 rings (SSSR count). The van der Waals surface area contributed by atoms with Gasteiger partial charge in [0.1, 0.15) is 18.5 Å². The summed E-state index contributed by atoms with van der Waals surface area (Å²) in [7, 11) is 0. The minimum Gasteiger partial charge on any atom is -0.459 e. The largest absolute Gasteiger partial charge is 0.459 e. The molecule has 0 bridgehead atoms. The zero-order valence-electron chi connectivity index (χ0n) is 19.3. The van der Waals surface area contributed by atoms with Gasteiger partial charge < -0.3 is 15.0 Å². The van der Waals surface area contributed by atoms with E-state index < -0.39 is 11.5 Å².